The van der Waals surface area contributed by atoms with E-state index in [0.29, 0.717) is 15.9 Å². The van der Waals surface area contributed by atoms with Gasteiger partial charge in [0.25, 0.3) is 5.56 Å². The number of nitrogens with one attached hydrogen (secondary N) is 1. The predicted molar refractivity (Wildman–Crippen MR) is 103 cm³/mol. The molecule has 0 spiro atoms. The second kappa shape index (κ2) is 7.17. The first-order chi connectivity index (χ1) is 12.4. The molecule has 0 bridgehead atoms. The van der Waals surface area contributed by atoms with Crippen LogP contribution in [0.15, 0.2) is 51.0 Å². The van der Waals surface area contributed by atoms with Gasteiger partial charge in [0.15, 0.2) is 0 Å². The highest BCUT2D eigenvalue weighted by molar-refractivity contribution is 8.00. The molecule has 7 nitrogen and oxygen atoms in total. The van der Waals surface area contributed by atoms with Crippen LogP contribution in [0.1, 0.15) is 5.56 Å². The fraction of sp³-hybridized carbons (Fsp3) is 0.222. The normalized spacial score (nSPS) is 10.9. The molecule has 134 valence electrons. The number of hydrogen-bond donors (Lipinski definition) is 1. The van der Waals surface area contributed by atoms with E-state index in [-0.39, 0.29) is 11.7 Å². The van der Waals surface area contributed by atoms with Gasteiger partial charge >= 0.3 is 5.69 Å². The summed E-state index contributed by atoms with van der Waals surface area (Å²) in [7, 11) is 2.99. The Kier molecular flexibility index (Phi) is 4.94. The molecule has 2 heterocycles. The Bertz CT molecular complexity index is 1120. The van der Waals surface area contributed by atoms with Crippen LogP contribution in [0, 0.1) is 6.92 Å². The van der Waals surface area contributed by atoms with E-state index >= 15 is 0 Å². The van der Waals surface area contributed by atoms with Gasteiger partial charge in [-0.05, 0) is 30.7 Å². The van der Waals surface area contributed by atoms with Gasteiger partial charge in [-0.15, -0.1) is 11.8 Å². The average Bonchev–Trinajstić information content (AvgIpc) is 2.62. The van der Waals surface area contributed by atoms with Crippen LogP contribution in [-0.4, -0.2) is 25.8 Å². The summed E-state index contributed by atoms with van der Waals surface area (Å²) in [6.07, 6.45) is 1.53. The number of nitrogens with zero attached hydrogens (tertiary/aromatic N) is 3. The first-order valence-electron chi connectivity index (χ1n) is 7.92. The second-order valence-corrected chi connectivity index (χ2v) is 6.94. The van der Waals surface area contributed by atoms with E-state index in [4.69, 9.17) is 0 Å². The molecular formula is C18H18N4O3S. The molecule has 1 amide bonds. The Morgan fingerprint density at radius 1 is 1.19 bits per heavy atom. The largest absolute Gasteiger partial charge is 0.332 e. The lowest BCUT2D eigenvalue weighted by atomic mass is 10.2. The number of hydrogen-bond acceptors (Lipinski definition) is 5. The van der Waals surface area contributed by atoms with Crippen LogP contribution in [0.25, 0.3) is 11.0 Å². The number of pyridine rings is 1. The highest BCUT2D eigenvalue weighted by Crippen LogP contribution is 2.23. The van der Waals surface area contributed by atoms with Crippen molar-refractivity contribution in [1.82, 2.24) is 14.1 Å². The molecule has 0 aliphatic heterocycles. The van der Waals surface area contributed by atoms with Crippen molar-refractivity contribution in [2.75, 3.05) is 11.1 Å². The number of carbonyl (C=O) groups excluding carboxylic acids is 1. The van der Waals surface area contributed by atoms with Gasteiger partial charge in [-0.1, -0.05) is 12.1 Å². The number of anilines is 1. The lowest BCUT2D eigenvalue weighted by Crippen LogP contribution is -2.37. The monoisotopic (exact) mass is 370 g/mol. The summed E-state index contributed by atoms with van der Waals surface area (Å²) in [6.45, 7) is 1.95. The number of carbonyl (C=O) groups is 1. The summed E-state index contributed by atoms with van der Waals surface area (Å²) >= 11 is 1.24. The minimum absolute atomic E-state index is 0.138. The number of aryl methyl sites for hydroxylation is 2. The summed E-state index contributed by atoms with van der Waals surface area (Å²) in [6, 6.07) is 9.21. The Labute approximate surface area is 153 Å². The molecule has 0 fully saturated rings. The summed E-state index contributed by atoms with van der Waals surface area (Å²) in [5.41, 5.74) is 1.24. The van der Waals surface area contributed by atoms with Gasteiger partial charge in [-0.2, -0.15) is 0 Å². The Morgan fingerprint density at radius 2 is 1.96 bits per heavy atom. The van der Waals surface area contributed by atoms with Crippen molar-refractivity contribution >= 4 is 34.4 Å². The number of aromatic nitrogens is 3. The van der Waals surface area contributed by atoms with E-state index in [1.54, 1.807) is 13.1 Å². The molecule has 0 aliphatic carbocycles. The van der Waals surface area contributed by atoms with E-state index in [2.05, 4.69) is 10.3 Å². The van der Waals surface area contributed by atoms with Crippen molar-refractivity contribution in [2.45, 2.75) is 11.8 Å². The van der Waals surface area contributed by atoms with E-state index in [0.717, 1.165) is 15.8 Å². The molecule has 0 aliphatic rings. The van der Waals surface area contributed by atoms with Crippen molar-refractivity contribution in [3.8, 4) is 0 Å². The summed E-state index contributed by atoms with van der Waals surface area (Å²) in [4.78, 5) is 41.5. The molecule has 0 unspecified atom stereocenters. The number of thioether (sulfide) groups is 1. The van der Waals surface area contributed by atoms with E-state index < -0.39 is 11.2 Å². The van der Waals surface area contributed by atoms with Crippen molar-refractivity contribution < 1.29 is 4.79 Å². The zero-order valence-corrected chi connectivity index (χ0v) is 15.5. The number of amides is 1. The third-order valence-corrected chi connectivity index (χ3v) is 5.02. The molecule has 0 saturated heterocycles. The van der Waals surface area contributed by atoms with Crippen molar-refractivity contribution in [3.63, 3.8) is 0 Å². The van der Waals surface area contributed by atoms with Gasteiger partial charge < -0.3 is 5.32 Å². The second-order valence-electron chi connectivity index (χ2n) is 5.92. The van der Waals surface area contributed by atoms with Crippen LogP contribution >= 0.6 is 11.8 Å². The molecule has 0 atom stereocenters. The maximum Gasteiger partial charge on any atom is 0.332 e. The van der Waals surface area contributed by atoms with Gasteiger partial charge in [0, 0.05) is 30.9 Å². The fourth-order valence-corrected chi connectivity index (χ4v) is 3.48. The highest BCUT2D eigenvalue weighted by atomic mass is 32.2. The minimum Gasteiger partial charge on any atom is -0.325 e. The van der Waals surface area contributed by atoms with Crippen LogP contribution in [0.3, 0.4) is 0 Å². The average molecular weight is 370 g/mol. The first kappa shape index (κ1) is 17.9. The zero-order chi connectivity index (χ0) is 18.8. The molecule has 1 aromatic carbocycles. The molecular weight excluding hydrogens is 352 g/mol. The van der Waals surface area contributed by atoms with Gasteiger partial charge in [-0.25, -0.2) is 9.78 Å². The smallest absolute Gasteiger partial charge is 0.325 e. The lowest BCUT2D eigenvalue weighted by molar-refractivity contribution is -0.113. The third kappa shape index (κ3) is 3.41. The van der Waals surface area contributed by atoms with Crippen LogP contribution < -0.4 is 16.6 Å². The van der Waals surface area contributed by atoms with E-state index in [1.807, 2.05) is 31.2 Å². The standard InChI is InChI=1S/C18H18N4O3S/c1-11-5-4-6-12(9-11)20-14(23)10-26-13-7-8-19-16-15(13)17(24)22(3)18(25)21(16)2/h4-9H,10H2,1-3H3,(H,20,23). The first-order valence-corrected chi connectivity index (χ1v) is 8.91. The minimum atomic E-state index is -0.436. The third-order valence-electron chi connectivity index (χ3n) is 3.96. The fourth-order valence-electron chi connectivity index (χ4n) is 2.64. The molecule has 8 heteroatoms. The molecule has 2 aromatic heterocycles. The van der Waals surface area contributed by atoms with E-state index in [9.17, 15) is 14.4 Å². The van der Waals surface area contributed by atoms with Gasteiger partial charge in [0.05, 0.1) is 11.1 Å². The van der Waals surface area contributed by atoms with Gasteiger partial charge in [0.2, 0.25) is 5.91 Å². The lowest BCUT2D eigenvalue weighted by Gasteiger charge is -2.10. The molecule has 0 radical (unpaired) electrons. The number of fused-ring (bicyclic) bond motifs is 1. The Morgan fingerprint density at radius 3 is 2.69 bits per heavy atom. The molecule has 3 aromatic rings. The number of benzene rings is 1. The van der Waals surface area contributed by atoms with Crippen molar-refractivity contribution in [2.24, 2.45) is 14.1 Å². The SMILES string of the molecule is Cc1cccc(NC(=O)CSc2ccnc3c2c(=O)n(C)c(=O)n3C)c1. The molecule has 3 rings (SSSR count). The summed E-state index contributed by atoms with van der Waals surface area (Å²) in [5, 5.41) is 3.17. The summed E-state index contributed by atoms with van der Waals surface area (Å²) < 4.78 is 2.37. The maximum atomic E-state index is 12.5. The van der Waals surface area contributed by atoms with Crippen LogP contribution in [0.5, 0.6) is 0 Å². The predicted octanol–water partition coefficient (Wildman–Crippen LogP) is 1.67. The zero-order valence-electron chi connectivity index (χ0n) is 14.6. The number of rotatable bonds is 4. The summed E-state index contributed by atoms with van der Waals surface area (Å²) in [5.74, 6) is -0.0359. The van der Waals surface area contributed by atoms with Crippen LogP contribution in [0.4, 0.5) is 5.69 Å². The molecule has 1 N–H and O–H groups in total. The Hall–Kier alpha value is -2.87. The Balaban J connectivity index is 1.87. The van der Waals surface area contributed by atoms with E-state index in [1.165, 1.54) is 29.6 Å². The van der Waals surface area contributed by atoms with Crippen LogP contribution in [0.2, 0.25) is 0 Å². The van der Waals surface area contributed by atoms with Crippen LogP contribution in [-0.2, 0) is 18.9 Å². The maximum absolute atomic E-state index is 12.5. The molecule has 0 saturated carbocycles. The van der Waals surface area contributed by atoms with Crippen molar-refractivity contribution in [3.05, 3.63) is 62.9 Å². The topological polar surface area (TPSA) is 86.0 Å². The van der Waals surface area contributed by atoms with Gasteiger partial charge in [0.1, 0.15) is 5.65 Å². The highest BCUT2D eigenvalue weighted by Gasteiger charge is 2.14. The van der Waals surface area contributed by atoms with Crippen molar-refractivity contribution in [1.29, 1.82) is 0 Å². The molecule has 26 heavy (non-hydrogen) atoms. The quantitative estimate of drug-likeness (QED) is 0.706. The van der Waals surface area contributed by atoms with Gasteiger partial charge in [-0.3, -0.25) is 18.7 Å².